The average molecular weight is 352 g/mol. The van der Waals surface area contributed by atoms with Gasteiger partial charge in [-0.15, -0.1) is 0 Å². The van der Waals surface area contributed by atoms with E-state index in [1.165, 1.54) is 11.3 Å². The molecule has 4 heteroatoms. The molecule has 138 valence electrons. The number of hydrogen-bond acceptors (Lipinski definition) is 3. The maximum absolute atomic E-state index is 12.4. The van der Waals surface area contributed by atoms with E-state index in [0.29, 0.717) is 18.9 Å². The number of piperazine rings is 1. The summed E-state index contributed by atoms with van der Waals surface area (Å²) in [5, 5.41) is 0. The van der Waals surface area contributed by atoms with Gasteiger partial charge in [0.15, 0.2) is 0 Å². The van der Waals surface area contributed by atoms with Gasteiger partial charge in [-0.1, -0.05) is 44.2 Å². The van der Waals surface area contributed by atoms with E-state index in [1.54, 1.807) is 0 Å². The molecule has 0 spiro atoms. The summed E-state index contributed by atoms with van der Waals surface area (Å²) >= 11 is 0. The minimum Gasteiger partial charge on any atom is -0.493 e. The zero-order valence-corrected chi connectivity index (χ0v) is 15.7. The van der Waals surface area contributed by atoms with Crippen LogP contribution in [-0.2, 0) is 4.79 Å². The summed E-state index contributed by atoms with van der Waals surface area (Å²) in [6.07, 6.45) is 0.429. The van der Waals surface area contributed by atoms with Gasteiger partial charge in [0.1, 0.15) is 5.75 Å². The minimum absolute atomic E-state index is 0.177. The number of ether oxygens (including phenoxy) is 1. The van der Waals surface area contributed by atoms with Crippen molar-refractivity contribution in [1.82, 2.24) is 4.90 Å². The third-order valence-corrected chi connectivity index (χ3v) is 4.89. The molecule has 0 radical (unpaired) electrons. The third-order valence-electron chi connectivity index (χ3n) is 4.89. The van der Waals surface area contributed by atoms with Gasteiger partial charge in [0.05, 0.1) is 13.0 Å². The molecule has 26 heavy (non-hydrogen) atoms. The largest absolute Gasteiger partial charge is 0.493 e. The zero-order valence-electron chi connectivity index (χ0n) is 15.7. The number of rotatable bonds is 6. The second-order valence-corrected chi connectivity index (χ2v) is 7.03. The molecule has 0 bridgehead atoms. The Bertz CT molecular complexity index is 690. The van der Waals surface area contributed by atoms with Crippen molar-refractivity contribution in [2.24, 2.45) is 0 Å². The van der Waals surface area contributed by atoms with Crippen molar-refractivity contribution in [3.05, 3.63) is 60.2 Å². The second kappa shape index (κ2) is 8.75. The SMILES string of the molecule is CC(C)c1ccc(N2CCN(C(=O)CCOc3ccccc3)CC2)cc1. The van der Waals surface area contributed by atoms with E-state index in [-0.39, 0.29) is 5.91 Å². The summed E-state index contributed by atoms with van der Waals surface area (Å²) in [6.45, 7) is 8.16. The normalized spacial score (nSPS) is 14.6. The van der Waals surface area contributed by atoms with Crippen molar-refractivity contribution in [2.45, 2.75) is 26.2 Å². The zero-order chi connectivity index (χ0) is 18.4. The predicted octanol–water partition coefficient (Wildman–Crippen LogP) is 3.93. The Hall–Kier alpha value is -2.49. The number of carbonyl (C=O) groups is 1. The van der Waals surface area contributed by atoms with Crippen LogP contribution in [0.1, 0.15) is 31.7 Å². The first kappa shape index (κ1) is 18.3. The van der Waals surface area contributed by atoms with Crippen LogP contribution in [0.4, 0.5) is 5.69 Å². The van der Waals surface area contributed by atoms with Gasteiger partial charge in [-0.2, -0.15) is 0 Å². The number of anilines is 1. The average Bonchev–Trinajstić information content (AvgIpc) is 2.69. The van der Waals surface area contributed by atoms with Crippen molar-refractivity contribution in [3.63, 3.8) is 0 Å². The lowest BCUT2D eigenvalue weighted by Crippen LogP contribution is -2.49. The molecule has 0 atom stereocenters. The van der Waals surface area contributed by atoms with Gasteiger partial charge in [-0.25, -0.2) is 0 Å². The molecule has 3 rings (SSSR count). The van der Waals surface area contributed by atoms with Crippen LogP contribution in [0.15, 0.2) is 54.6 Å². The van der Waals surface area contributed by atoms with E-state index in [4.69, 9.17) is 4.74 Å². The molecule has 1 fully saturated rings. The molecule has 0 aromatic heterocycles. The van der Waals surface area contributed by atoms with Crippen LogP contribution in [0.2, 0.25) is 0 Å². The number of carbonyl (C=O) groups excluding carboxylic acids is 1. The van der Waals surface area contributed by atoms with Crippen LogP contribution in [0.5, 0.6) is 5.75 Å². The van der Waals surface area contributed by atoms with E-state index in [2.05, 4.69) is 43.0 Å². The maximum atomic E-state index is 12.4. The second-order valence-electron chi connectivity index (χ2n) is 7.03. The molecule has 1 heterocycles. The molecule has 0 N–H and O–H groups in total. The molecule has 1 aliphatic heterocycles. The predicted molar refractivity (Wildman–Crippen MR) is 106 cm³/mol. The van der Waals surface area contributed by atoms with Gasteiger partial charge in [-0.3, -0.25) is 4.79 Å². The van der Waals surface area contributed by atoms with Crippen LogP contribution in [0.3, 0.4) is 0 Å². The summed E-state index contributed by atoms with van der Waals surface area (Å²) in [5.74, 6) is 1.54. The fourth-order valence-corrected chi connectivity index (χ4v) is 3.22. The highest BCUT2D eigenvalue weighted by atomic mass is 16.5. The molecule has 2 aromatic carbocycles. The molecular formula is C22H28N2O2. The first-order valence-corrected chi connectivity index (χ1v) is 9.44. The lowest BCUT2D eigenvalue weighted by Gasteiger charge is -2.36. The highest BCUT2D eigenvalue weighted by molar-refractivity contribution is 5.76. The van der Waals surface area contributed by atoms with Crippen LogP contribution in [-0.4, -0.2) is 43.6 Å². The third kappa shape index (κ3) is 4.78. The fourth-order valence-electron chi connectivity index (χ4n) is 3.22. The summed E-state index contributed by atoms with van der Waals surface area (Å²) < 4.78 is 5.63. The van der Waals surface area contributed by atoms with Gasteiger partial charge in [-0.05, 0) is 35.7 Å². The van der Waals surface area contributed by atoms with E-state index in [1.807, 2.05) is 35.2 Å². The number of para-hydroxylation sites is 1. The first-order valence-electron chi connectivity index (χ1n) is 9.44. The Morgan fingerprint density at radius 1 is 0.962 bits per heavy atom. The number of nitrogens with zero attached hydrogens (tertiary/aromatic N) is 2. The van der Waals surface area contributed by atoms with Crippen LogP contribution in [0, 0.1) is 0 Å². The lowest BCUT2D eigenvalue weighted by molar-refractivity contribution is -0.132. The molecule has 0 unspecified atom stereocenters. The number of hydrogen-bond donors (Lipinski definition) is 0. The highest BCUT2D eigenvalue weighted by Gasteiger charge is 2.21. The van der Waals surface area contributed by atoms with Crippen LogP contribution in [0.25, 0.3) is 0 Å². The first-order chi connectivity index (χ1) is 12.6. The molecule has 4 nitrogen and oxygen atoms in total. The monoisotopic (exact) mass is 352 g/mol. The Kier molecular flexibility index (Phi) is 6.16. The Labute approximate surface area is 156 Å². The summed E-state index contributed by atoms with van der Waals surface area (Å²) in [5.41, 5.74) is 2.61. The topological polar surface area (TPSA) is 32.8 Å². The summed E-state index contributed by atoms with van der Waals surface area (Å²) in [6, 6.07) is 18.4. The molecule has 1 aliphatic rings. The van der Waals surface area contributed by atoms with E-state index >= 15 is 0 Å². The van der Waals surface area contributed by atoms with Gasteiger partial charge >= 0.3 is 0 Å². The maximum Gasteiger partial charge on any atom is 0.226 e. The van der Waals surface area contributed by atoms with E-state index < -0.39 is 0 Å². The van der Waals surface area contributed by atoms with Gasteiger partial charge in [0.25, 0.3) is 0 Å². The Morgan fingerprint density at radius 3 is 2.23 bits per heavy atom. The molecule has 0 saturated carbocycles. The summed E-state index contributed by atoms with van der Waals surface area (Å²) in [7, 11) is 0. The van der Waals surface area contributed by atoms with Gasteiger partial charge < -0.3 is 14.5 Å². The molecule has 1 amide bonds. The van der Waals surface area contributed by atoms with Crippen molar-refractivity contribution >= 4 is 11.6 Å². The quantitative estimate of drug-likeness (QED) is 0.790. The van der Waals surface area contributed by atoms with Crippen molar-refractivity contribution in [2.75, 3.05) is 37.7 Å². The lowest BCUT2D eigenvalue weighted by atomic mass is 10.0. The van der Waals surface area contributed by atoms with Gasteiger partial charge in [0.2, 0.25) is 5.91 Å². The highest BCUT2D eigenvalue weighted by Crippen LogP contribution is 2.21. The van der Waals surface area contributed by atoms with E-state index in [0.717, 1.165) is 31.9 Å². The molecule has 0 aliphatic carbocycles. The van der Waals surface area contributed by atoms with Crippen molar-refractivity contribution in [3.8, 4) is 5.75 Å². The number of benzene rings is 2. The van der Waals surface area contributed by atoms with Gasteiger partial charge in [0, 0.05) is 31.9 Å². The number of amides is 1. The van der Waals surface area contributed by atoms with Crippen LogP contribution < -0.4 is 9.64 Å². The standard InChI is InChI=1S/C22H28N2O2/c1-18(2)19-8-10-20(11-9-19)23-13-15-24(16-14-23)22(25)12-17-26-21-6-4-3-5-7-21/h3-11,18H,12-17H2,1-2H3. The fraction of sp³-hybridized carbons (Fsp3) is 0.409. The molecule has 2 aromatic rings. The smallest absolute Gasteiger partial charge is 0.226 e. The molecule has 1 saturated heterocycles. The van der Waals surface area contributed by atoms with Crippen LogP contribution >= 0.6 is 0 Å². The summed E-state index contributed by atoms with van der Waals surface area (Å²) in [4.78, 5) is 16.7. The molecular weight excluding hydrogens is 324 g/mol. The Balaban J connectivity index is 1.43. The van der Waals surface area contributed by atoms with Crippen molar-refractivity contribution in [1.29, 1.82) is 0 Å². The van der Waals surface area contributed by atoms with Crippen molar-refractivity contribution < 1.29 is 9.53 Å². The minimum atomic E-state index is 0.177. The Morgan fingerprint density at radius 2 is 1.62 bits per heavy atom. The van der Waals surface area contributed by atoms with E-state index in [9.17, 15) is 4.79 Å².